The van der Waals surface area contributed by atoms with Gasteiger partial charge in [0.1, 0.15) is 5.56 Å². The van der Waals surface area contributed by atoms with Crippen molar-refractivity contribution in [3.05, 3.63) is 36.0 Å². The number of nitrogens with zero attached hydrogens (tertiary/aromatic N) is 3. The van der Waals surface area contributed by atoms with Crippen molar-refractivity contribution in [2.75, 3.05) is 43.1 Å². The van der Waals surface area contributed by atoms with Crippen LogP contribution in [-0.2, 0) is 10.9 Å². The second-order valence-corrected chi connectivity index (χ2v) is 8.62. The van der Waals surface area contributed by atoms with Gasteiger partial charge in [-0.2, -0.15) is 18.2 Å². The second kappa shape index (κ2) is 9.94. The van der Waals surface area contributed by atoms with E-state index < -0.39 is 17.6 Å². The summed E-state index contributed by atoms with van der Waals surface area (Å²) in [6.45, 7) is 5.49. The van der Waals surface area contributed by atoms with Crippen LogP contribution in [0.2, 0.25) is 0 Å². The number of ether oxygens (including phenoxy) is 2. The molecule has 1 aromatic carbocycles. The Morgan fingerprint density at radius 1 is 1.09 bits per heavy atom. The maximum Gasteiger partial charge on any atom is 0.423 e. The Hall–Kier alpha value is -2.55. The number of halogens is 3. The molecular weight excluding hydrogens is 421 g/mol. The Kier molecular flexibility index (Phi) is 7.03. The van der Waals surface area contributed by atoms with Crippen molar-refractivity contribution in [3.8, 4) is 5.88 Å². The summed E-state index contributed by atoms with van der Waals surface area (Å²) < 4.78 is 51.3. The Labute approximate surface area is 186 Å². The fourth-order valence-electron chi connectivity index (χ4n) is 4.13. The summed E-state index contributed by atoms with van der Waals surface area (Å²) in [5, 5.41) is 2.98. The first-order valence-electron chi connectivity index (χ1n) is 11.2. The lowest BCUT2D eigenvalue weighted by Crippen LogP contribution is -2.36. The molecule has 32 heavy (non-hydrogen) atoms. The molecule has 6 nitrogen and oxygen atoms in total. The van der Waals surface area contributed by atoms with Crippen LogP contribution in [0.1, 0.15) is 38.2 Å². The van der Waals surface area contributed by atoms with Crippen LogP contribution in [0, 0.1) is 11.8 Å². The summed E-state index contributed by atoms with van der Waals surface area (Å²) in [6.07, 6.45) is 0.307. The standard InChI is InChI=1S/C23H29F3N4O2/c1-16-2-4-17(5-3-16)15-32-21-20(23(24,25)26)14-27-22(29-21)28-18-6-8-19(9-7-18)30-10-12-31-13-11-30/h6-9,14,16-17H,2-5,10-13,15H2,1H3,(H,27,28,29)/t16-,17-. The number of benzene rings is 1. The zero-order chi connectivity index (χ0) is 22.6. The molecule has 2 aromatic rings. The summed E-state index contributed by atoms with van der Waals surface area (Å²) in [7, 11) is 0. The third kappa shape index (κ3) is 5.82. The van der Waals surface area contributed by atoms with E-state index in [1.54, 1.807) is 0 Å². The first kappa shape index (κ1) is 22.6. The molecule has 1 N–H and O–H groups in total. The predicted octanol–water partition coefficient (Wildman–Crippen LogP) is 5.28. The first-order chi connectivity index (χ1) is 15.4. The fraction of sp³-hybridized carbons (Fsp3) is 0.565. The molecule has 1 saturated carbocycles. The molecular formula is C23H29F3N4O2. The number of nitrogens with one attached hydrogen (secondary N) is 1. The number of aromatic nitrogens is 2. The molecule has 2 aliphatic rings. The minimum absolute atomic E-state index is 0.0735. The van der Waals surface area contributed by atoms with E-state index in [9.17, 15) is 13.2 Å². The van der Waals surface area contributed by atoms with Gasteiger partial charge in [-0.05, 0) is 48.9 Å². The van der Waals surface area contributed by atoms with Crippen molar-refractivity contribution in [3.63, 3.8) is 0 Å². The van der Waals surface area contributed by atoms with E-state index in [1.807, 2.05) is 24.3 Å². The molecule has 0 atom stereocenters. The lowest BCUT2D eigenvalue weighted by atomic mass is 9.83. The van der Waals surface area contributed by atoms with E-state index in [0.29, 0.717) is 24.8 Å². The summed E-state index contributed by atoms with van der Waals surface area (Å²) in [4.78, 5) is 10.1. The lowest BCUT2D eigenvalue weighted by Gasteiger charge is -2.28. The lowest BCUT2D eigenvalue weighted by molar-refractivity contribution is -0.139. The molecule has 0 amide bonds. The second-order valence-electron chi connectivity index (χ2n) is 8.62. The van der Waals surface area contributed by atoms with Gasteiger partial charge in [0.15, 0.2) is 0 Å². The van der Waals surface area contributed by atoms with E-state index >= 15 is 0 Å². The third-order valence-electron chi connectivity index (χ3n) is 6.15. The molecule has 0 spiro atoms. The largest absolute Gasteiger partial charge is 0.477 e. The number of rotatable bonds is 6. The van der Waals surface area contributed by atoms with Crippen molar-refractivity contribution < 1.29 is 22.6 Å². The molecule has 174 valence electrons. The van der Waals surface area contributed by atoms with Crippen LogP contribution in [0.5, 0.6) is 5.88 Å². The molecule has 1 aliphatic heterocycles. The Morgan fingerprint density at radius 3 is 2.44 bits per heavy atom. The third-order valence-corrected chi connectivity index (χ3v) is 6.15. The monoisotopic (exact) mass is 450 g/mol. The maximum atomic E-state index is 13.5. The molecule has 2 fully saturated rings. The number of alkyl halides is 3. The van der Waals surface area contributed by atoms with Gasteiger partial charge in [0.25, 0.3) is 0 Å². The van der Waals surface area contributed by atoms with Crippen molar-refractivity contribution in [2.45, 2.75) is 38.8 Å². The van der Waals surface area contributed by atoms with E-state index in [1.165, 1.54) is 0 Å². The van der Waals surface area contributed by atoms with Gasteiger partial charge in [-0.3, -0.25) is 0 Å². The number of hydrogen-bond acceptors (Lipinski definition) is 6. The first-order valence-corrected chi connectivity index (χ1v) is 11.2. The van der Waals surface area contributed by atoms with E-state index in [4.69, 9.17) is 9.47 Å². The summed E-state index contributed by atoms with van der Waals surface area (Å²) in [5.41, 5.74) is 0.807. The van der Waals surface area contributed by atoms with Crippen molar-refractivity contribution in [1.82, 2.24) is 9.97 Å². The number of morpholine rings is 1. The van der Waals surface area contributed by atoms with E-state index in [0.717, 1.165) is 50.7 Å². The molecule has 0 unspecified atom stereocenters. The average Bonchev–Trinajstić information content (AvgIpc) is 2.79. The van der Waals surface area contributed by atoms with Gasteiger partial charge in [-0.1, -0.05) is 19.8 Å². The highest BCUT2D eigenvalue weighted by Gasteiger charge is 2.36. The molecule has 4 rings (SSSR count). The minimum atomic E-state index is -4.57. The highest BCUT2D eigenvalue weighted by Crippen LogP contribution is 2.36. The highest BCUT2D eigenvalue weighted by molar-refractivity contribution is 5.59. The topological polar surface area (TPSA) is 59.5 Å². The molecule has 1 aliphatic carbocycles. The fourth-order valence-corrected chi connectivity index (χ4v) is 4.13. The van der Waals surface area contributed by atoms with E-state index in [-0.39, 0.29) is 18.5 Å². The van der Waals surface area contributed by atoms with Crippen LogP contribution in [0.4, 0.5) is 30.5 Å². The normalized spacial score (nSPS) is 21.9. The Bertz CT molecular complexity index is 878. The SMILES string of the molecule is C[C@H]1CC[C@H](COc2nc(Nc3ccc(N4CCOCC4)cc3)ncc2C(F)(F)F)CC1. The molecule has 9 heteroatoms. The zero-order valence-electron chi connectivity index (χ0n) is 18.2. The van der Waals surface area contributed by atoms with E-state index in [2.05, 4.69) is 27.1 Å². The van der Waals surface area contributed by atoms with Crippen LogP contribution in [0.15, 0.2) is 30.5 Å². The maximum absolute atomic E-state index is 13.5. The quantitative estimate of drug-likeness (QED) is 0.646. The molecule has 0 radical (unpaired) electrons. The van der Waals surface area contributed by atoms with Crippen LogP contribution < -0.4 is 15.0 Å². The van der Waals surface area contributed by atoms with Crippen LogP contribution in [-0.4, -0.2) is 42.9 Å². The summed E-state index contributed by atoms with van der Waals surface area (Å²) >= 11 is 0. The molecule has 2 heterocycles. The van der Waals surface area contributed by atoms with Gasteiger partial charge < -0.3 is 19.7 Å². The van der Waals surface area contributed by atoms with Gasteiger partial charge in [0, 0.05) is 30.7 Å². The zero-order valence-corrected chi connectivity index (χ0v) is 18.2. The van der Waals surface area contributed by atoms with Crippen LogP contribution in [0.3, 0.4) is 0 Å². The molecule has 1 saturated heterocycles. The molecule has 0 bridgehead atoms. The predicted molar refractivity (Wildman–Crippen MR) is 116 cm³/mol. The Balaban J connectivity index is 1.44. The van der Waals surface area contributed by atoms with Crippen molar-refractivity contribution in [1.29, 1.82) is 0 Å². The number of hydrogen-bond donors (Lipinski definition) is 1. The van der Waals surface area contributed by atoms with Crippen molar-refractivity contribution >= 4 is 17.3 Å². The summed E-state index contributed by atoms with van der Waals surface area (Å²) in [6, 6.07) is 7.63. The van der Waals surface area contributed by atoms with Crippen molar-refractivity contribution in [2.24, 2.45) is 11.8 Å². The Morgan fingerprint density at radius 2 is 1.78 bits per heavy atom. The molecule has 1 aromatic heterocycles. The smallest absolute Gasteiger partial charge is 0.423 e. The van der Waals surface area contributed by atoms with Gasteiger partial charge in [0.2, 0.25) is 11.8 Å². The highest BCUT2D eigenvalue weighted by atomic mass is 19.4. The average molecular weight is 451 g/mol. The van der Waals surface area contributed by atoms with Gasteiger partial charge in [-0.15, -0.1) is 0 Å². The van der Waals surface area contributed by atoms with Gasteiger partial charge in [0.05, 0.1) is 19.8 Å². The van der Waals surface area contributed by atoms with Crippen LogP contribution in [0.25, 0.3) is 0 Å². The number of anilines is 3. The summed E-state index contributed by atoms with van der Waals surface area (Å²) in [5.74, 6) is 0.579. The minimum Gasteiger partial charge on any atom is -0.477 e. The van der Waals surface area contributed by atoms with Gasteiger partial charge in [-0.25, -0.2) is 4.98 Å². The van der Waals surface area contributed by atoms with Crippen LogP contribution >= 0.6 is 0 Å². The van der Waals surface area contributed by atoms with Gasteiger partial charge >= 0.3 is 6.18 Å².